The highest BCUT2D eigenvalue weighted by Crippen LogP contribution is 2.23. The first-order valence-corrected chi connectivity index (χ1v) is 10.8. The standard InChI is InChI=1S/C24H32N4O3/c1-5-30-23(29)20-9-12-28(13-10-20)24(25-4)27-16-19-8-11-26-22(15-19)31-21-7-6-17(2)18(3)14-21/h6-8,11,14-15,20H,5,9-10,12-13,16H2,1-4H3,(H,25,27). The predicted octanol–water partition coefficient (Wildman–Crippen LogP) is 3.84. The van der Waals surface area contributed by atoms with Crippen LogP contribution >= 0.6 is 0 Å². The first kappa shape index (κ1) is 22.6. The third kappa shape index (κ3) is 6.20. The van der Waals surface area contributed by atoms with Crippen molar-refractivity contribution in [1.82, 2.24) is 15.2 Å². The Hall–Kier alpha value is -3.09. The van der Waals surface area contributed by atoms with E-state index < -0.39 is 0 Å². The lowest BCUT2D eigenvalue weighted by Gasteiger charge is -2.33. The van der Waals surface area contributed by atoms with Crippen LogP contribution in [-0.4, -0.2) is 48.6 Å². The highest BCUT2D eigenvalue weighted by molar-refractivity contribution is 5.80. The molecule has 1 fully saturated rings. The lowest BCUT2D eigenvalue weighted by molar-refractivity contribution is -0.149. The fourth-order valence-electron chi connectivity index (χ4n) is 3.61. The predicted molar refractivity (Wildman–Crippen MR) is 121 cm³/mol. The van der Waals surface area contributed by atoms with E-state index in [0.717, 1.165) is 43.2 Å². The number of aryl methyl sites for hydroxylation is 2. The van der Waals surface area contributed by atoms with Crippen molar-refractivity contribution in [1.29, 1.82) is 0 Å². The lowest BCUT2D eigenvalue weighted by Crippen LogP contribution is -2.46. The number of carbonyl (C=O) groups is 1. The van der Waals surface area contributed by atoms with Crippen molar-refractivity contribution in [3.8, 4) is 11.6 Å². The number of hydrogen-bond donors (Lipinski definition) is 1. The van der Waals surface area contributed by atoms with Gasteiger partial charge >= 0.3 is 5.97 Å². The second-order valence-corrected chi connectivity index (χ2v) is 7.76. The maximum Gasteiger partial charge on any atom is 0.309 e. The van der Waals surface area contributed by atoms with Crippen molar-refractivity contribution in [2.45, 2.75) is 40.2 Å². The summed E-state index contributed by atoms with van der Waals surface area (Å²) in [7, 11) is 1.78. The molecule has 7 nitrogen and oxygen atoms in total. The number of likely N-dealkylation sites (tertiary alicyclic amines) is 1. The van der Waals surface area contributed by atoms with Crippen LogP contribution in [0.5, 0.6) is 11.6 Å². The zero-order valence-corrected chi connectivity index (χ0v) is 18.9. The summed E-state index contributed by atoms with van der Waals surface area (Å²) >= 11 is 0. The summed E-state index contributed by atoms with van der Waals surface area (Å²) in [5.74, 6) is 2.07. The molecule has 0 spiro atoms. The molecule has 31 heavy (non-hydrogen) atoms. The Morgan fingerprint density at radius 1 is 1.19 bits per heavy atom. The fourth-order valence-corrected chi connectivity index (χ4v) is 3.61. The second-order valence-electron chi connectivity index (χ2n) is 7.76. The molecule has 3 rings (SSSR count). The van der Waals surface area contributed by atoms with Gasteiger partial charge in [0.1, 0.15) is 5.75 Å². The summed E-state index contributed by atoms with van der Waals surface area (Å²) in [5, 5.41) is 3.41. The summed E-state index contributed by atoms with van der Waals surface area (Å²) in [6, 6.07) is 9.91. The van der Waals surface area contributed by atoms with Crippen molar-refractivity contribution >= 4 is 11.9 Å². The van der Waals surface area contributed by atoms with Gasteiger partial charge in [-0.05, 0) is 68.5 Å². The van der Waals surface area contributed by atoms with Gasteiger partial charge in [-0.1, -0.05) is 6.07 Å². The Balaban J connectivity index is 1.55. The van der Waals surface area contributed by atoms with Crippen molar-refractivity contribution in [2.75, 3.05) is 26.7 Å². The highest BCUT2D eigenvalue weighted by atomic mass is 16.5. The van der Waals surface area contributed by atoms with Gasteiger partial charge in [0.2, 0.25) is 5.88 Å². The Kier molecular flexibility index (Phi) is 7.87. The number of benzene rings is 1. The van der Waals surface area contributed by atoms with E-state index in [0.29, 0.717) is 19.0 Å². The van der Waals surface area contributed by atoms with E-state index in [9.17, 15) is 4.79 Å². The average molecular weight is 425 g/mol. The Labute approximate surface area is 184 Å². The van der Waals surface area contributed by atoms with Gasteiger partial charge in [0.15, 0.2) is 5.96 Å². The number of rotatable bonds is 6. The van der Waals surface area contributed by atoms with Crippen LogP contribution in [0.3, 0.4) is 0 Å². The smallest absolute Gasteiger partial charge is 0.309 e. The van der Waals surface area contributed by atoms with E-state index in [1.54, 1.807) is 13.2 Å². The molecule has 0 radical (unpaired) electrons. The first-order chi connectivity index (χ1) is 15.0. The molecule has 1 aliphatic heterocycles. The number of hydrogen-bond acceptors (Lipinski definition) is 5. The fraction of sp³-hybridized carbons (Fsp3) is 0.458. The lowest BCUT2D eigenvalue weighted by atomic mass is 9.97. The molecule has 0 atom stereocenters. The van der Waals surface area contributed by atoms with Crippen LogP contribution < -0.4 is 10.1 Å². The number of carbonyl (C=O) groups excluding carboxylic acids is 1. The number of aromatic nitrogens is 1. The van der Waals surface area contributed by atoms with Crippen LogP contribution in [0.25, 0.3) is 0 Å². The van der Waals surface area contributed by atoms with Crippen molar-refractivity contribution in [2.24, 2.45) is 10.9 Å². The SMILES string of the molecule is CCOC(=O)C1CCN(C(=NC)NCc2ccnc(Oc3ccc(C)c(C)c3)c2)CC1. The summed E-state index contributed by atoms with van der Waals surface area (Å²) < 4.78 is 11.1. The molecule has 2 aromatic rings. The third-order valence-electron chi connectivity index (χ3n) is 5.58. The number of pyridine rings is 1. The first-order valence-electron chi connectivity index (χ1n) is 10.8. The number of aliphatic imine (C=N–C) groups is 1. The molecule has 0 saturated carbocycles. The molecule has 1 N–H and O–H groups in total. The Morgan fingerprint density at radius 2 is 1.97 bits per heavy atom. The van der Waals surface area contributed by atoms with Gasteiger partial charge in [0.25, 0.3) is 0 Å². The van der Waals surface area contributed by atoms with E-state index in [1.165, 1.54) is 11.1 Å². The minimum atomic E-state index is -0.0850. The minimum absolute atomic E-state index is 0.0142. The maximum absolute atomic E-state index is 11.9. The number of esters is 1. The van der Waals surface area contributed by atoms with Crippen molar-refractivity contribution < 1.29 is 14.3 Å². The summed E-state index contributed by atoms with van der Waals surface area (Å²) in [5.41, 5.74) is 3.47. The van der Waals surface area contributed by atoms with Gasteiger partial charge in [-0.15, -0.1) is 0 Å². The van der Waals surface area contributed by atoms with Gasteiger partial charge in [0, 0.05) is 38.9 Å². The zero-order chi connectivity index (χ0) is 22.2. The molecule has 0 aliphatic carbocycles. The second kappa shape index (κ2) is 10.8. The summed E-state index contributed by atoms with van der Waals surface area (Å²) in [6.07, 6.45) is 3.31. The van der Waals surface area contributed by atoms with E-state index in [4.69, 9.17) is 9.47 Å². The zero-order valence-electron chi connectivity index (χ0n) is 18.9. The molecule has 0 unspecified atom stereocenters. The number of nitrogens with one attached hydrogen (secondary N) is 1. The van der Waals surface area contributed by atoms with Gasteiger partial charge in [0.05, 0.1) is 12.5 Å². The molecule has 1 saturated heterocycles. The molecule has 166 valence electrons. The molecule has 0 bridgehead atoms. The molecular formula is C24H32N4O3. The monoisotopic (exact) mass is 424 g/mol. The number of guanidine groups is 1. The van der Waals surface area contributed by atoms with Gasteiger partial charge in [-0.2, -0.15) is 0 Å². The molecule has 1 aliphatic rings. The van der Waals surface area contributed by atoms with Gasteiger partial charge in [-0.3, -0.25) is 9.79 Å². The average Bonchev–Trinajstić information content (AvgIpc) is 2.77. The van der Waals surface area contributed by atoms with Crippen LogP contribution in [0.2, 0.25) is 0 Å². The van der Waals surface area contributed by atoms with E-state index in [1.807, 2.05) is 37.3 Å². The van der Waals surface area contributed by atoms with E-state index >= 15 is 0 Å². The van der Waals surface area contributed by atoms with Crippen LogP contribution in [0.4, 0.5) is 0 Å². The summed E-state index contributed by atoms with van der Waals surface area (Å²) in [6.45, 7) is 8.59. The molecule has 2 heterocycles. The molecule has 0 amide bonds. The molecular weight excluding hydrogens is 392 g/mol. The van der Waals surface area contributed by atoms with Crippen LogP contribution in [0, 0.1) is 19.8 Å². The van der Waals surface area contributed by atoms with Crippen molar-refractivity contribution in [3.63, 3.8) is 0 Å². The number of nitrogens with zero attached hydrogens (tertiary/aromatic N) is 3. The summed E-state index contributed by atoms with van der Waals surface area (Å²) in [4.78, 5) is 22.9. The normalized spacial score (nSPS) is 15.0. The molecule has 7 heteroatoms. The van der Waals surface area contributed by atoms with Crippen LogP contribution in [0.15, 0.2) is 41.5 Å². The number of ether oxygens (including phenoxy) is 2. The molecule has 1 aromatic heterocycles. The topological polar surface area (TPSA) is 76.0 Å². The van der Waals surface area contributed by atoms with E-state index in [-0.39, 0.29) is 11.9 Å². The van der Waals surface area contributed by atoms with Crippen LogP contribution in [-0.2, 0) is 16.1 Å². The largest absolute Gasteiger partial charge is 0.466 e. The highest BCUT2D eigenvalue weighted by Gasteiger charge is 2.27. The molecule has 1 aromatic carbocycles. The maximum atomic E-state index is 11.9. The van der Waals surface area contributed by atoms with Gasteiger partial charge < -0.3 is 19.7 Å². The minimum Gasteiger partial charge on any atom is -0.466 e. The quantitative estimate of drug-likeness (QED) is 0.431. The Bertz CT molecular complexity index is 921. The van der Waals surface area contributed by atoms with Gasteiger partial charge in [-0.25, -0.2) is 4.98 Å². The van der Waals surface area contributed by atoms with Crippen LogP contribution in [0.1, 0.15) is 36.5 Å². The third-order valence-corrected chi connectivity index (χ3v) is 5.58. The Morgan fingerprint density at radius 3 is 2.65 bits per heavy atom. The van der Waals surface area contributed by atoms with E-state index in [2.05, 4.69) is 34.0 Å². The van der Waals surface area contributed by atoms with Crippen molar-refractivity contribution in [3.05, 3.63) is 53.2 Å². The number of piperidine rings is 1.